The first kappa shape index (κ1) is 15.6. The highest BCUT2D eigenvalue weighted by Gasteiger charge is 2.28. The molecule has 1 aliphatic rings. The van der Waals surface area contributed by atoms with Crippen molar-refractivity contribution in [1.82, 2.24) is 9.88 Å². The third-order valence-corrected chi connectivity index (χ3v) is 3.80. The van der Waals surface area contributed by atoms with Crippen molar-refractivity contribution in [3.05, 3.63) is 23.0 Å². The molecular weight excluding hydrogens is 268 g/mol. The quantitative estimate of drug-likeness (QED) is 0.620. The highest BCUT2D eigenvalue weighted by molar-refractivity contribution is 5.92. The summed E-state index contributed by atoms with van der Waals surface area (Å²) in [5.41, 5.74) is 2.58. The lowest BCUT2D eigenvalue weighted by atomic mass is 10.2. The summed E-state index contributed by atoms with van der Waals surface area (Å²) < 4.78 is 7.30. The smallest absolute Gasteiger partial charge is 0.340 e. The first-order valence-electron chi connectivity index (χ1n) is 7.66. The van der Waals surface area contributed by atoms with Crippen LogP contribution in [0.3, 0.4) is 0 Å². The van der Waals surface area contributed by atoms with Gasteiger partial charge in [-0.05, 0) is 39.2 Å². The van der Waals surface area contributed by atoms with E-state index in [1.165, 1.54) is 12.8 Å². The second-order valence-corrected chi connectivity index (χ2v) is 5.67. The van der Waals surface area contributed by atoms with Crippen LogP contribution in [0.15, 0.2) is 6.07 Å². The van der Waals surface area contributed by atoms with E-state index in [1.54, 1.807) is 0 Å². The van der Waals surface area contributed by atoms with Crippen LogP contribution in [-0.2, 0) is 9.53 Å². The average Bonchev–Trinajstić information content (AvgIpc) is 3.23. The number of unbranched alkanes of at least 4 members (excludes halogenated alkanes) is 1. The monoisotopic (exact) mass is 292 g/mol. The number of aromatic nitrogens is 1. The zero-order valence-electron chi connectivity index (χ0n) is 13.1. The summed E-state index contributed by atoms with van der Waals surface area (Å²) in [7, 11) is 0. The number of esters is 1. The van der Waals surface area contributed by atoms with Crippen LogP contribution in [0.25, 0.3) is 0 Å². The number of carbonyl (C=O) groups excluding carboxylic acids is 2. The molecule has 1 aliphatic carbocycles. The number of rotatable bonds is 7. The zero-order valence-corrected chi connectivity index (χ0v) is 13.1. The number of ether oxygens (including phenoxy) is 1. The third kappa shape index (κ3) is 3.86. The van der Waals surface area contributed by atoms with Crippen LogP contribution >= 0.6 is 0 Å². The fourth-order valence-corrected chi connectivity index (χ4v) is 2.54. The van der Waals surface area contributed by atoms with Gasteiger partial charge in [0.25, 0.3) is 5.91 Å². The van der Waals surface area contributed by atoms with Gasteiger partial charge in [0.05, 0.1) is 5.56 Å². The molecule has 5 heteroatoms. The van der Waals surface area contributed by atoms with Crippen molar-refractivity contribution in [1.29, 1.82) is 0 Å². The van der Waals surface area contributed by atoms with Crippen molar-refractivity contribution < 1.29 is 14.3 Å². The summed E-state index contributed by atoms with van der Waals surface area (Å²) in [4.78, 5) is 23.6. The predicted molar refractivity (Wildman–Crippen MR) is 80.4 cm³/mol. The summed E-state index contributed by atoms with van der Waals surface area (Å²) in [6.45, 7) is 6.41. The van der Waals surface area contributed by atoms with E-state index in [1.807, 2.05) is 19.9 Å². The SMILES string of the molecule is CCCCNC(=O)COC(=O)c1cc(C)n(C2CC2)c1C. The lowest BCUT2D eigenvalue weighted by Gasteiger charge is -2.08. The van der Waals surface area contributed by atoms with Gasteiger partial charge in [0, 0.05) is 24.0 Å². The minimum atomic E-state index is -0.416. The molecular formula is C16H24N2O3. The molecule has 0 saturated heterocycles. The van der Waals surface area contributed by atoms with Gasteiger partial charge in [0.15, 0.2) is 6.61 Å². The molecule has 1 aromatic heterocycles. The molecule has 116 valence electrons. The molecule has 0 unspecified atom stereocenters. The van der Waals surface area contributed by atoms with Gasteiger partial charge in [0.1, 0.15) is 0 Å². The van der Waals surface area contributed by atoms with Crippen LogP contribution in [0.2, 0.25) is 0 Å². The summed E-state index contributed by atoms with van der Waals surface area (Å²) >= 11 is 0. The van der Waals surface area contributed by atoms with Crippen LogP contribution in [0.4, 0.5) is 0 Å². The fourth-order valence-electron chi connectivity index (χ4n) is 2.54. The number of nitrogens with one attached hydrogen (secondary N) is 1. The van der Waals surface area contributed by atoms with Crippen molar-refractivity contribution in [3.63, 3.8) is 0 Å². The second kappa shape index (κ2) is 6.78. The molecule has 1 saturated carbocycles. The lowest BCUT2D eigenvalue weighted by molar-refractivity contribution is -0.124. The predicted octanol–water partition coefficient (Wildman–Crippen LogP) is 2.51. The lowest BCUT2D eigenvalue weighted by Crippen LogP contribution is -2.29. The van der Waals surface area contributed by atoms with Gasteiger partial charge in [-0.1, -0.05) is 13.3 Å². The first-order valence-corrected chi connectivity index (χ1v) is 7.66. The average molecular weight is 292 g/mol. The van der Waals surface area contributed by atoms with Gasteiger partial charge in [-0.15, -0.1) is 0 Å². The maximum absolute atomic E-state index is 12.1. The number of carbonyl (C=O) groups is 2. The molecule has 0 aliphatic heterocycles. The number of amides is 1. The molecule has 0 atom stereocenters. The number of hydrogen-bond donors (Lipinski definition) is 1. The summed E-state index contributed by atoms with van der Waals surface area (Å²) in [6.07, 6.45) is 4.30. The van der Waals surface area contributed by atoms with Crippen LogP contribution < -0.4 is 5.32 Å². The van der Waals surface area contributed by atoms with E-state index in [0.717, 1.165) is 24.2 Å². The van der Waals surface area contributed by atoms with E-state index in [9.17, 15) is 9.59 Å². The fraction of sp³-hybridized carbons (Fsp3) is 0.625. The summed E-state index contributed by atoms with van der Waals surface area (Å²) in [6, 6.07) is 2.38. The van der Waals surface area contributed by atoms with Crippen LogP contribution in [0.5, 0.6) is 0 Å². The molecule has 1 N–H and O–H groups in total. The maximum atomic E-state index is 12.1. The Hall–Kier alpha value is -1.78. The number of hydrogen-bond acceptors (Lipinski definition) is 3. The van der Waals surface area contributed by atoms with Gasteiger partial charge in [0.2, 0.25) is 0 Å². The first-order chi connectivity index (χ1) is 10.0. The molecule has 0 spiro atoms. The Morgan fingerprint density at radius 2 is 2.10 bits per heavy atom. The minimum absolute atomic E-state index is 0.213. The topological polar surface area (TPSA) is 60.3 Å². The highest BCUT2D eigenvalue weighted by atomic mass is 16.5. The van der Waals surface area contributed by atoms with Crippen molar-refractivity contribution in [2.24, 2.45) is 0 Å². The Kier molecular flexibility index (Phi) is 5.04. The van der Waals surface area contributed by atoms with Crippen molar-refractivity contribution in [2.45, 2.75) is 52.5 Å². The van der Waals surface area contributed by atoms with Gasteiger partial charge >= 0.3 is 5.97 Å². The van der Waals surface area contributed by atoms with Gasteiger partial charge < -0.3 is 14.6 Å². The summed E-state index contributed by atoms with van der Waals surface area (Å²) in [5.74, 6) is -0.659. The molecule has 21 heavy (non-hydrogen) atoms. The van der Waals surface area contributed by atoms with Crippen LogP contribution in [0, 0.1) is 13.8 Å². The number of aryl methyl sites for hydroxylation is 1. The molecule has 0 bridgehead atoms. The molecule has 1 aromatic rings. The normalized spacial score (nSPS) is 14.0. The summed E-state index contributed by atoms with van der Waals surface area (Å²) in [5, 5.41) is 2.73. The van der Waals surface area contributed by atoms with Crippen molar-refractivity contribution in [3.8, 4) is 0 Å². The standard InChI is InChI=1S/C16H24N2O3/c1-4-5-8-17-15(19)10-21-16(20)14-9-11(2)18(12(14)3)13-6-7-13/h9,13H,4-8,10H2,1-3H3,(H,17,19). The van der Waals surface area contributed by atoms with E-state index in [2.05, 4.69) is 16.8 Å². The molecule has 1 amide bonds. The van der Waals surface area contributed by atoms with Crippen LogP contribution in [-0.4, -0.2) is 29.6 Å². The van der Waals surface area contributed by atoms with Crippen LogP contribution in [0.1, 0.15) is 60.4 Å². The Morgan fingerprint density at radius 1 is 1.38 bits per heavy atom. The zero-order chi connectivity index (χ0) is 15.4. The van der Waals surface area contributed by atoms with Crippen molar-refractivity contribution in [2.75, 3.05) is 13.2 Å². The van der Waals surface area contributed by atoms with E-state index in [4.69, 9.17) is 4.74 Å². The van der Waals surface area contributed by atoms with E-state index >= 15 is 0 Å². The molecule has 1 fully saturated rings. The van der Waals surface area contributed by atoms with Crippen molar-refractivity contribution >= 4 is 11.9 Å². The second-order valence-electron chi connectivity index (χ2n) is 5.67. The Labute approximate surface area is 125 Å². The Bertz CT molecular complexity index is 530. The molecule has 5 nitrogen and oxygen atoms in total. The molecule has 0 aromatic carbocycles. The minimum Gasteiger partial charge on any atom is -0.452 e. The maximum Gasteiger partial charge on any atom is 0.340 e. The Morgan fingerprint density at radius 3 is 2.71 bits per heavy atom. The van der Waals surface area contributed by atoms with Gasteiger partial charge in [-0.3, -0.25) is 4.79 Å². The van der Waals surface area contributed by atoms with Gasteiger partial charge in [-0.2, -0.15) is 0 Å². The Balaban J connectivity index is 1.89. The van der Waals surface area contributed by atoms with E-state index in [0.29, 0.717) is 18.2 Å². The van der Waals surface area contributed by atoms with E-state index in [-0.39, 0.29) is 12.5 Å². The largest absolute Gasteiger partial charge is 0.452 e. The third-order valence-electron chi connectivity index (χ3n) is 3.80. The van der Waals surface area contributed by atoms with E-state index < -0.39 is 5.97 Å². The molecule has 2 rings (SSSR count). The number of nitrogens with zero attached hydrogens (tertiary/aromatic N) is 1. The highest BCUT2D eigenvalue weighted by Crippen LogP contribution is 2.38. The molecule has 1 heterocycles. The van der Waals surface area contributed by atoms with Gasteiger partial charge in [-0.25, -0.2) is 4.79 Å². The molecule has 0 radical (unpaired) electrons.